The average Bonchev–Trinajstić information content (AvgIpc) is 3.18. The summed E-state index contributed by atoms with van der Waals surface area (Å²) in [6, 6.07) is 5.65. The van der Waals surface area contributed by atoms with Crippen molar-refractivity contribution in [1.29, 1.82) is 0 Å². The average molecular weight is 398 g/mol. The van der Waals surface area contributed by atoms with Crippen molar-refractivity contribution in [2.45, 2.75) is 50.6 Å². The summed E-state index contributed by atoms with van der Waals surface area (Å²) in [5.74, 6) is 0.0387. The molecule has 5 nitrogen and oxygen atoms in total. The Hall–Kier alpha value is -1.30. The fourth-order valence-corrected chi connectivity index (χ4v) is 4.43. The molecular weight excluding hydrogens is 373 g/mol. The van der Waals surface area contributed by atoms with Crippen molar-refractivity contribution in [2.75, 3.05) is 20.1 Å². The number of likely N-dealkylation sites (tertiary alicyclic amines) is 1. The third-order valence-corrected chi connectivity index (χ3v) is 6.34. The number of nitrogens with zero attached hydrogens (tertiary/aromatic N) is 3. The van der Waals surface area contributed by atoms with Crippen LogP contribution in [0.25, 0.3) is 0 Å². The van der Waals surface area contributed by atoms with Crippen LogP contribution in [-0.2, 0) is 11.2 Å². The molecule has 1 aliphatic carbocycles. The Morgan fingerprint density at radius 2 is 2.04 bits per heavy atom. The van der Waals surface area contributed by atoms with E-state index in [1.54, 1.807) is 12.1 Å². The van der Waals surface area contributed by atoms with E-state index in [9.17, 15) is 10.0 Å². The highest BCUT2D eigenvalue weighted by Gasteiger charge is 2.37. The molecule has 1 aromatic rings. The lowest BCUT2D eigenvalue weighted by molar-refractivity contribution is -0.132. The molecule has 1 aliphatic heterocycles. The molecule has 7 heteroatoms. The van der Waals surface area contributed by atoms with Gasteiger partial charge in [-0.05, 0) is 56.5 Å². The predicted octanol–water partition coefficient (Wildman–Crippen LogP) is 3.84. The van der Waals surface area contributed by atoms with Crippen LogP contribution in [0.3, 0.4) is 0 Å². The summed E-state index contributed by atoms with van der Waals surface area (Å²) in [6.45, 7) is 2.17. The maximum absolute atomic E-state index is 12.9. The second kappa shape index (κ2) is 8.59. The molecule has 2 aliphatic rings. The highest BCUT2D eigenvalue weighted by Crippen LogP contribution is 2.29. The van der Waals surface area contributed by atoms with Crippen molar-refractivity contribution in [1.82, 2.24) is 9.80 Å². The fourth-order valence-electron chi connectivity index (χ4n) is 4.11. The van der Waals surface area contributed by atoms with Gasteiger partial charge in [0.05, 0.1) is 28.2 Å². The lowest BCUT2D eigenvalue weighted by Crippen LogP contribution is -2.55. The molecule has 142 valence electrons. The Morgan fingerprint density at radius 1 is 1.31 bits per heavy atom. The van der Waals surface area contributed by atoms with Crippen molar-refractivity contribution < 1.29 is 10.0 Å². The van der Waals surface area contributed by atoms with Crippen LogP contribution < -0.4 is 0 Å². The standard InChI is InChI=1S/C19H25Cl2N3O2/c1-23(19(25)11-13-4-6-15(20)16(21)10-13)18-12-14(22-26)5-7-17(18)24-8-2-3-9-24/h4,6,10,17-18,26H,2-3,5,7-9,11-12H2,1H3/b22-14+. The quantitative estimate of drug-likeness (QED) is 0.619. The zero-order valence-corrected chi connectivity index (χ0v) is 16.5. The SMILES string of the molecule is CN(C(=O)Cc1ccc(Cl)c(Cl)c1)C1C/C(=N/O)CCC1N1CCCC1. The molecule has 1 amide bonds. The van der Waals surface area contributed by atoms with E-state index >= 15 is 0 Å². The minimum atomic E-state index is 0.0306. The van der Waals surface area contributed by atoms with Gasteiger partial charge in [-0.25, -0.2) is 0 Å². The van der Waals surface area contributed by atoms with Gasteiger partial charge < -0.3 is 10.1 Å². The lowest BCUT2D eigenvalue weighted by Gasteiger charge is -2.42. The number of rotatable bonds is 4. The first-order chi connectivity index (χ1) is 12.5. The van der Waals surface area contributed by atoms with Crippen LogP contribution in [-0.4, -0.2) is 58.8 Å². The Morgan fingerprint density at radius 3 is 2.69 bits per heavy atom. The van der Waals surface area contributed by atoms with Crippen molar-refractivity contribution in [3.63, 3.8) is 0 Å². The number of hydrogen-bond donors (Lipinski definition) is 1. The van der Waals surface area contributed by atoms with Gasteiger partial charge in [0.1, 0.15) is 0 Å². The van der Waals surface area contributed by atoms with Gasteiger partial charge in [0, 0.05) is 19.5 Å². The Balaban J connectivity index is 1.73. The molecule has 1 N–H and O–H groups in total. The summed E-state index contributed by atoms with van der Waals surface area (Å²) in [5.41, 5.74) is 1.63. The maximum atomic E-state index is 12.9. The molecule has 3 rings (SSSR count). The van der Waals surface area contributed by atoms with E-state index < -0.39 is 0 Å². The fraction of sp³-hybridized carbons (Fsp3) is 0.579. The molecule has 1 saturated heterocycles. The molecule has 0 aromatic heterocycles. The van der Waals surface area contributed by atoms with Crippen LogP contribution in [0.4, 0.5) is 0 Å². The van der Waals surface area contributed by atoms with Crippen LogP contribution in [0.1, 0.15) is 37.7 Å². The van der Waals surface area contributed by atoms with E-state index in [0.29, 0.717) is 22.5 Å². The number of halogens is 2. The number of oxime groups is 1. The summed E-state index contributed by atoms with van der Waals surface area (Å²) in [4.78, 5) is 17.2. The van der Waals surface area contributed by atoms with E-state index in [1.807, 2.05) is 18.0 Å². The van der Waals surface area contributed by atoms with Crippen LogP contribution in [0.5, 0.6) is 0 Å². The topological polar surface area (TPSA) is 56.1 Å². The first-order valence-corrected chi connectivity index (χ1v) is 9.88. The third kappa shape index (κ3) is 4.33. The molecule has 2 unspecified atom stereocenters. The number of carbonyl (C=O) groups excluding carboxylic acids is 1. The molecule has 26 heavy (non-hydrogen) atoms. The Bertz CT molecular complexity index is 689. The predicted molar refractivity (Wildman–Crippen MR) is 104 cm³/mol. The highest BCUT2D eigenvalue weighted by molar-refractivity contribution is 6.42. The van der Waals surface area contributed by atoms with E-state index in [-0.39, 0.29) is 18.4 Å². The van der Waals surface area contributed by atoms with Crippen LogP contribution in [0.15, 0.2) is 23.4 Å². The molecule has 2 atom stereocenters. The highest BCUT2D eigenvalue weighted by atomic mass is 35.5. The number of benzene rings is 1. The summed E-state index contributed by atoms with van der Waals surface area (Å²) < 4.78 is 0. The molecule has 2 fully saturated rings. The smallest absolute Gasteiger partial charge is 0.227 e. The van der Waals surface area contributed by atoms with E-state index in [4.69, 9.17) is 23.2 Å². The summed E-state index contributed by atoms with van der Waals surface area (Å²) in [7, 11) is 1.86. The molecule has 1 heterocycles. The third-order valence-electron chi connectivity index (χ3n) is 5.60. The van der Waals surface area contributed by atoms with Gasteiger partial charge in [0.2, 0.25) is 5.91 Å². The summed E-state index contributed by atoms with van der Waals surface area (Å²) in [6.07, 6.45) is 5.05. The van der Waals surface area contributed by atoms with E-state index in [1.165, 1.54) is 12.8 Å². The first-order valence-electron chi connectivity index (χ1n) is 9.13. The van der Waals surface area contributed by atoms with Crippen LogP contribution in [0.2, 0.25) is 10.0 Å². The van der Waals surface area contributed by atoms with Crippen molar-refractivity contribution >= 4 is 34.8 Å². The van der Waals surface area contributed by atoms with Crippen molar-refractivity contribution in [2.24, 2.45) is 5.16 Å². The summed E-state index contributed by atoms with van der Waals surface area (Å²) in [5, 5.41) is 13.6. The molecule has 1 saturated carbocycles. The van der Waals surface area contributed by atoms with Gasteiger partial charge in [0.15, 0.2) is 0 Å². The zero-order chi connectivity index (χ0) is 18.7. The van der Waals surface area contributed by atoms with Crippen LogP contribution >= 0.6 is 23.2 Å². The maximum Gasteiger partial charge on any atom is 0.227 e. The largest absolute Gasteiger partial charge is 0.411 e. The molecule has 0 radical (unpaired) electrons. The Kier molecular flexibility index (Phi) is 6.43. The zero-order valence-electron chi connectivity index (χ0n) is 15.0. The van der Waals surface area contributed by atoms with E-state index in [2.05, 4.69) is 10.1 Å². The Labute approximate surface area is 164 Å². The normalized spacial score (nSPS) is 25.6. The van der Waals surface area contributed by atoms with Gasteiger partial charge in [-0.3, -0.25) is 9.69 Å². The van der Waals surface area contributed by atoms with Gasteiger partial charge >= 0.3 is 0 Å². The monoisotopic (exact) mass is 397 g/mol. The molecular formula is C19H25Cl2N3O2. The number of carbonyl (C=O) groups is 1. The van der Waals surface area contributed by atoms with Crippen molar-refractivity contribution in [3.05, 3.63) is 33.8 Å². The summed E-state index contributed by atoms with van der Waals surface area (Å²) >= 11 is 12.0. The van der Waals surface area contributed by atoms with Crippen molar-refractivity contribution in [3.8, 4) is 0 Å². The molecule has 1 aromatic carbocycles. The number of hydrogen-bond acceptors (Lipinski definition) is 4. The molecule has 0 bridgehead atoms. The van der Waals surface area contributed by atoms with Crippen LogP contribution in [0, 0.1) is 0 Å². The minimum absolute atomic E-state index is 0.0306. The number of amides is 1. The lowest BCUT2D eigenvalue weighted by atomic mass is 9.86. The van der Waals surface area contributed by atoms with E-state index in [0.717, 1.165) is 37.2 Å². The minimum Gasteiger partial charge on any atom is -0.411 e. The van der Waals surface area contributed by atoms with Gasteiger partial charge in [-0.15, -0.1) is 0 Å². The second-order valence-corrected chi connectivity index (χ2v) is 8.03. The van der Waals surface area contributed by atoms with Gasteiger partial charge in [-0.1, -0.05) is 34.4 Å². The first kappa shape index (κ1) is 19.5. The second-order valence-electron chi connectivity index (χ2n) is 7.22. The molecule has 0 spiro atoms. The number of likely N-dealkylation sites (N-methyl/N-ethyl adjacent to an activating group) is 1. The van der Waals surface area contributed by atoms with Gasteiger partial charge in [0.25, 0.3) is 0 Å². The van der Waals surface area contributed by atoms with Gasteiger partial charge in [-0.2, -0.15) is 0 Å².